The van der Waals surface area contributed by atoms with Gasteiger partial charge in [-0.25, -0.2) is 4.39 Å². The zero-order valence-electron chi connectivity index (χ0n) is 6.65. The number of hydrogen-bond acceptors (Lipinski definition) is 1. The Morgan fingerprint density at radius 1 is 1.38 bits per heavy atom. The fourth-order valence-electron chi connectivity index (χ4n) is 0.815. The van der Waals surface area contributed by atoms with E-state index in [0.717, 1.165) is 0 Å². The Labute approximate surface area is 78.1 Å². The summed E-state index contributed by atoms with van der Waals surface area (Å²) < 4.78 is 40.4. The number of alkyl halides is 2. The Morgan fingerprint density at radius 3 is 2.54 bits per heavy atom. The summed E-state index contributed by atoms with van der Waals surface area (Å²) in [6, 6.07) is 2.52. The lowest BCUT2D eigenvalue weighted by molar-refractivity contribution is -0.0499. The third-order valence-corrected chi connectivity index (χ3v) is 1.81. The number of rotatable bonds is 2. The van der Waals surface area contributed by atoms with Crippen molar-refractivity contribution in [2.45, 2.75) is 13.5 Å². The number of aryl methyl sites for hydroxylation is 1. The molecule has 0 N–H and O–H groups in total. The molecule has 5 heteroatoms. The molecule has 0 heterocycles. The topological polar surface area (TPSA) is 9.23 Å². The Morgan fingerprint density at radius 2 is 2.00 bits per heavy atom. The molecule has 0 radical (unpaired) electrons. The third-order valence-electron chi connectivity index (χ3n) is 1.46. The van der Waals surface area contributed by atoms with Crippen LogP contribution in [0.15, 0.2) is 12.1 Å². The molecule has 1 rings (SSSR count). The van der Waals surface area contributed by atoms with Crippen LogP contribution in [0.25, 0.3) is 0 Å². The van der Waals surface area contributed by atoms with Crippen LogP contribution in [0.3, 0.4) is 0 Å². The summed E-state index contributed by atoms with van der Waals surface area (Å²) in [5.41, 5.74) is 0.284. The van der Waals surface area contributed by atoms with Crippen molar-refractivity contribution in [3.63, 3.8) is 0 Å². The normalized spacial score (nSPS) is 10.6. The second-order valence-corrected chi connectivity index (χ2v) is 2.77. The van der Waals surface area contributed by atoms with Gasteiger partial charge in [-0.15, -0.1) is 0 Å². The second-order valence-electron chi connectivity index (χ2n) is 2.39. The number of ether oxygens (including phenoxy) is 1. The maximum absolute atomic E-state index is 13.0. The molecular weight excluding hydrogens is 205 g/mol. The van der Waals surface area contributed by atoms with Gasteiger partial charge in [-0.1, -0.05) is 17.7 Å². The van der Waals surface area contributed by atoms with Gasteiger partial charge in [0.15, 0.2) is 0 Å². The first-order chi connectivity index (χ1) is 6.02. The van der Waals surface area contributed by atoms with Crippen LogP contribution in [-0.4, -0.2) is 6.61 Å². The molecule has 0 bridgehead atoms. The molecule has 0 amide bonds. The Kier molecular flexibility index (Phi) is 3.03. The zero-order chi connectivity index (χ0) is 10.0. The molecule has 0 atom stereocenters. The molecule has 0 unspecified atom stereocenters. The minimum absolute atomic E-state index is 0.284. The van der Waals surface area contributed by atoms with Gasteiger partial charge < -0.3 is 4.74 Å². The SMILES string of the molecule is Cc1ccc(OC(F)F)c(Cl)c1F. The Balaban J connectivity index is 3.04. The van der Waals surface area contributed by atoms with E-state index >= 15 is 0 Å². The summed E-state index contributed by atoms with van der Waals surface area (Å²) in [4.78, 5) is 0. The minimum atomic E-state index is -3.00. The van der Waals surface area contributed by atoms with Gasteiger partial charge in [0, 0.05) is 0 Å². The largest absolute Gasteiger partial charge is 0.433 e. The van der Waals surface area contributed by atoms with Gasteiger partial charge in [0.2, 0.25) is 0 Å². The van der Waals surface area contributed by atoms with E-state index in [1.54, 1.807) is 0 Å². The van der Waals surface area contributed by atoms with Gasteiger partial charge in [-0.05, 0) is 18.6 Å². The molecule has 1 aromatic carbocycles. The number of halogens is 4. The van der Waals surface area contributed by atoms with E-state index in [0.29, 0.717) is 0 Å². The highest BCUT2D eigenvalue weighted by Gasteiger charge is 2.13. The molecule has 0 spiro atoms. The average molecular weight is 211 g/mol. The van der Waals surface area contributed by atoms with Crippen molar-refractivity contribution in [2.24, 2.45) is 0 Å². The van der Waals surface area contributed by atoms with Crippen LogP contribution in [0.5, 0.6) is 5.75 Å². The Bertz CT molecular complexity index is 315. The van der Waals surface area contributed by atoms with E-state index in [1.165, 1.54) is 19.1 Å². The molecule has 0 aliphatic heterocycles. The lowest BCUT2D eigenvalue weighted by Gasteiger charge is -2.07. The van der Waals surface area contributed by atoms with Crippen molar-refractivity contribution in [2.75, 3.05) is 0 Å². The quantitative estimate of drug-likeness (QED) is 0.727. The third kappa shape index (κ3) is 2.28. The highest BCUT2D eigenvalue weighted by Crippen LogP contribution is 2.30. The smallest absolute Gasteiger partial charge is 0.387 e. The lowest BCUT2D eigenvalue weighted by atomic mass is 10.2. The van der Waals surface area contributed by atoms with E-state index < -0.39 is 17.5 Å². The molecule has 0 aliphatic rings. The van der Waals surface area contributed by atoms with Gasteiger partial charge in [-0.2, -0.15) is 8.78 Å². The first-order valence-corrected chi connectivity index (χ1v) is 3.79. The molecular formula is C8H6ClF3O. The molecule has 0 saturated carbocycles. The van der Waals surface area contributed by atoms with Crippen LogP contribution >= 0.6 is 11.6 Å². The Hall–Kier alpha value is -0.900. The summed E-state index contributed by atoms with van der Waals surface area (Å²) in [6.07, 6.45) is 0. The maximum atomic E-state index is 13.0. The first-order valence-electron chi connectivity index (χ1n) is 3.41. The molecule has 13 heavy (non-hydrogen) atoms. The van der Waals surface area contributed by atoms with Gasteiger partial charge >= 0.3 is 6.61 Å². The highest BCUT2D eigenvalue weighted by molar-refractivity contribution is 6.32. The minimum Gasteiger partial charge on any atom is -0.433 e. The van der Waals surface area contributed by atoms with Gasteiger partial charge in [0.1, 0.15) is 16.6 Å². The van der Waals surface area contributed by atoms with Gasteiger partial charge in [0.05, 0.1) is 0 Å². The predicted octanol–water partition coefficient (Wildman–Crippen LogP) is 3.39. The van der Waals surface area contributed by atoms with Crippen molar-refractivity contribution < 1.29 is 17.9 Å². The van der Waals surface area contributed by atoms with Crippen molar-refractivity contribution in [3.05, 3.63) is 28.5 Å². The van der Waals surface area contributed by atoms with Crippen molar-refractivity contribution in [1.82, 2.24) is 0 Å². The van der Waals surface area contributed by atoms with Gasteiger partial charge in [0.25, 0.3) is 0 Å². The summed E-state index contributed by atoms with van der Waals surface area (Å²) in [7, 11) is 0. The van der Waals surface area contributed by atoms with E-state index in [4.69, 9.17) is 11.6 Å². The molecule has 72 valence electrons. The van der Waals surface area contributed by atoms with Crippen LogP contribution < -0.4 is 4.74 Å². The fourth-order valence-corrected chi connectivity index (χ4v) is 1.07. The van der Waals surface area contributed by atoms with Crippen LogP contribution in [0, 0.1) is 12.7 Å². The van der Waals surface area contributed by atoms with Crippen LogP contribution in [0.2, 0.25) is 5.02 Å². The van der Waals surface area contributed by atoms with Crippen molar-refractivity contribution >= 4 is 11.6 Å². The van der Waals surface area contributed by atoms with Crippen LogP contribution in [-0.2, 0) is 0 Å². The fraction of sp³-hybridized carbons (Fsp3) is 0.250. The van der Waals surface area contributed by atoms with Crippen molar-refractivity contribution in [1.29, 1.82) is 0 Å². The maximum Gasteiger partial charge on any atom is 0.387 e. The van der Waals surface area contributed by atoms with Gasteiger partial charge in [-0.3, -0.25) is 0 Å². The second kappa shape index (κ2) is 3.87. The predicted molar refractivity (Wildman–Crippen MR) is 42.8 cm³/mol. The molecule has 1 aromatic rings. The average Bonchev–Trinajstić information content (AvgIpc) is 2.06. The molecule has 0 fully saturated rings. The van der Waals surface area contributed by atoms with E-state index in [9.17, 15) is 13.2 Å². The summed E-state index contributed by atoms with van der Waals surface area (Å²) in [5.74, 6) is -1.08. The van der Waals surface area contributed by atoms with E-state index in [2.05, 4.69) is 4.74 Å². The summed E-state index contributed by atoms with van der Waals surface area (Å²) >= 11 is 5.41. The number of hydrogen-bond donors (Lipinski definition) is 0. The molecule has 1 nitrogen and oxygen atoms in total. The summed E-state index contributed by atoms with van der Waals surface area (Å²) in [6.45, 7) is -1.52. The van der Waals surface area contributed by atoms with Crippen molar-refractivity contribution in [3.8, 4) is 5.75 Å². The first kappa shape index (κ1) is 10.2. The highest BCUT2D eigenvalue weighted by atomic mass is 35.5. The summed E-state index contributed by atoms with van der Waals surface area (Å²) in [5, 5.41) is -0.416. The van der Waals surface area contributed by atoms with Crippen LogP contribution in [0.1, 0.15) is 5.56 Å². The molecule has 0 saturated heterocycles. The lowest BCUT2D eigenvalue weighted by Crippen LogP contribution is -2.03. The zero-order valence-corrected chi connectivity index (χ0v) is 7.41. The number of benzene rings is 1. The van der Waals surface area contributed by atoms with E-state index in [1.807, 2.05) is 0 Å². The molecule has 0 aliphatic carbocycles. The monoisotopic (exact) mass is 210 g/mol. The molecule has 0 aromatic heterocycles. The standard InChI is InChI=1S/C8H6ClF3O/c1-4-2-3-5(13-8(11)12)6(9)7(4)10/h2-3,8H,1H3. The van der Waals surface area contributed by atoms with E-state index in [-0.39, 0.29) is 11.3 Å². The van der Waals surface area contributed by atoms with Crippen LogP contribution in [0.4, 0.5) is 13.2 Å².